The highest BCUT2D eigenvalue weighted by atomic mass is 16.5. The van der Waals surface area contributed by atoms with E-state index in [9.17, 15) is 14.4 Å². The predicted molar refractivity (Wildman–Crippen MR) is 136 cm³/mol. The Bertz CT molecular complexity index is 1360. The molecule has 1 saturated heterocycles. The molecule has 37 heavy (non-hydrogen) atoms. The van der Waals surface area contributed by atoms with E-state index >= 15 is 0 Å². The van der Waals surface area contributed by atoms with Gasteiger partial charge in [-0.1, -0.05) is 12.8 Å². The van der Waals surface area contributed by atoms with Crippen LogP contribution in [0.4, 0.5) is 22.2 Å². The zero-order valence-corrected chi connectivity index (χ0v) is 20.6. The number of fused-ring (bicyclic) bond motifs is 1. The Labute approximate surface area is 212 Å². The molecule has 0 radical (unpaired) electrons. The number of piperazine rings is 1. The van der Waals surface area contributed by atoms with Crippen LogP contribution in [0.2, 0.25) is 0 Å². The van der Waals surface area contributed by atoms with Crippen LogP contribution in [0.25, 0.3) is 11.0 Å². The zero-order valence-electron chi connectivity index (χ0n) is 20.6. The van der Waals surface area contributed by atoms with Gasteiger partial charge in [-0.2, -0.15) is 4.98 Å². The maximum absolute atomic E-state index is 13.3. The molecule has 3 aromatic rings. The number of nitrogens with zero attached hydrogens (tertiary/aromatic N) is 6. The molecule has 12 nitrogen and oxygen atoms in total. The van der Waals surface area contributed by atoms with Crippen molar-refractivity contribution in [3.8, 4) is 0 Å². The number of rotatable bonds is 6. The lowest BCUT2D eigenvalue weighted by Crippen LogP contribution is -2.48. The number of hydrogen-bond acceptors (Lipinski definition) is 9. The smallest absolute Gasteiger partial charge is 0.407 e. The molecule has 1 saturated carbocycles. The highest BCUT2D eigenvalue weighted by Gasteiger charge is 2.23. The van der Waals surface area contributed by atoms with Crippen molar-refractivity contribution in [1.82, 2.24) is 24.4 Å². The number of hydrogen-bond donors (Lipinski definition) is 2. The Balaban J connectivity index is 1.38. The third kappa shape index (κ3) is 5.32. The van der Waals surface area contributed by atoms with Gasteiger partial charge in [0.25, 0.3) is 5.56 Å². The first-order valence-electron chi connectivity index (χ1n) is 12.4. The van der Waals surface area contributed by atoms with E-state index < -0.39 is 12.1 Å². The highest BCUT2D eigenvalue weighted by molar-refractivity contribution is 5.77. The molecule has 3 aromatic heterocycles. The maximum atomic E-state index is 13.3. The molecular weight excluding hydrogens is 478 g/mol. The van der Waals surface area contributed by atoms with Crippen molar-refractivity contribution in [3.05, 3.63) is 46.5 Å². The largest absolute Gasteiger partial charge is 0.465 e. The standard InChI is InChI=1S/C25H29N7O5/c1-16(33)37-15-18-12-17-13-27-24(29-22(17)32(23(18)34)19-4-2-3-5-19)28-21-7-6-20(14-26-21)30-8-10-31(11-9-30)25(35)36/h6-7,12-14,19H,2-5,8-11,15H2,1H3,(H,35,36)(H,26,27,28,29). The quantitative estimate of drug-likeness (QED) is 0.478. The minimum atomic E-state index is -0.897. The lowest BCUT2D eigenvalue weighted by Gasteiger charge is -2.34. The summed E-state index contributed by atoms with van der Waals surface area (Å²) in [6.45, 7) is 3.34. The summed E-state index contributed by atoms with van der Waals surface area (Å²) in [6.07, 6.45) is 6.37. The van der Waals surface area contributed by atoms with Gasteiger partial charge in [-0.15, -0.1) is 0 Å². The molecule has 194 valence electrons. The second kappa shape index (κ2) is 10.4. The molecule has 2 N–H and O–H groups in total. The number of carboxylic acid groups (broad SMARTS) is 1. The van der Waals surface area contributed by atoms with Crippen molar-refractivity contribution in [2.75, 3.05) is 36.4 Å². The van der Waals surface area contributed by atoms with E-state index in [2.05, 4.69) is 25.2 Å². The summed E-state index contributed by atoms with van der Waals surface area (Å²) in [5, 5.41) is 12.9. The number of carbonyl (C=O) groups excluding carboxylic acids is 1. The molecule has 2 aliphatic rings. The summed E-state index contributed by atoms with van der Waals surface area (Å²) in [7, 11) is 0. The maximum Gasteiger partial charge on any atom is 0.407 e. The molecule has 1 aliphatic carbocycles. The van der Waals surface area contributed by atoms with Crippen LogP contribution in [0, 0.1) is 0 Å². The van der Waals surface area contributed by atoms with Gasteiger partial charge >= 0.3 is 12.1 Å². The Morgan fingerprint density at radius 2 is 1.86 bits per heavy atom. The lowest BCUT2D eigenvalue weighted by molar-refractivity contribution is -0.142. The molecule has 0 aromatic carbocycles. The summed E-state index contributed by atoms with van der Waals surface area (Å²) >= 11 is 0. The Morgan fingerprint density at radius 1 is 1.11 bits per heavy atom. The van der Waals surface area contributed by atoms with E-state index in [0.717, 1.165) is 31.4 Å². The van der Waals surface area contributed by atoms with Gasteiger partial charge in [-0.3, -0.25) is 14.2 Å². The minimum Gasteiger partial charge on any atom is -0.465 e. The Morgan fingerprint density at radius 3 is 2.51 bits per heavy atom. The highest BCUT2D eigenvalue weighted by Crippen LogP contribution is 2.31. The van der Waals surface area contributed by atoms with E-state index in [-0.39, 0.29) is 18.2 Å². The van der Waals surface area contributed by atoms with Gasteiger partial charge in [0.15, 0.2) is 0 Å². The monoisotopic (exact) mass is 507 g/mol. The number of anilines is 3. The van der Waals surface area contributed by atoms with E-state index in [0.29, 0.717) is 54.5 Å². The van der Waals surface area contributed by atoms with Crippen LogP contribution in [0.3, 0.4) is 0 Å². The number of esters is 1. The third-order valence-electron chi connectivity index (χ3n) is 6.87. The summed E-state index contributed by atoms with van der Waals surface area (Å²) in [5.41, 5.74) is 1.65. The fourth-order valence-corrected chi connectivity index (χ4v) is 4.94. The van der Waals surface area contributed by atoms with Crippen molar-refractivity contribution in [3.63, 3.8) is 0 Å². The van der Waals surface area contributed by atoms with Crippen LogP contribution in [0.15, 0.2) is 35.4 Å². The predicted octanol–water partition coefficient (Wildman–Crippen LogP) is 2.91. The first-order valence-corrected chi connectivity index (χ1v) is 12.4. The van der Waals surface area contributed by atoms with Gasteiger partial charge in [-0.25, -0.2) is 14.8 Å². The SMILES string of the molecule is CC(=O)OCc1cc2cnc(Nc3ccc(N4CCN(C(=O)O)CC4)cn3)nc2n(C2CCCC2)c1=O. The Hall–Kier alpha value is -4.22. The van der Waals surface area contributed by atoms with Crippen molar-refractivity contribution in [2.45, 2.75) is 45.3 Å². The van der Waals surface area contributed by atoms with Gasteiger partial charge < -0.3 is 25.0 Å². The van der Waals surface area contributed by atoms with Crippen molar-refractivity contribution in [2.24, 2.45) is 0 Å². The number of amides is 1. The van der Waals surface area contributed by atoms with Crippen molar-refractivity contribution < 1.29 is 19.4 Å². The van der Waals surface area contributed by atoms with Crippen LogP contribution in [-0.2, 0) is 16.1 Å². The van der Waals surface area contributed by atoms with E-state index in [1.54, 1.807) is 23.0 Å². The van der Waals surface area contributed by atoms with Crippen LogP contribution >= 0.6 is 0 Å². The number of nitrogens with one attached hydrogen (secondary N) is 1. The normalized spacial score (nSPS) is 16.2. The molecular formula is C25H29N7O5. The molecule has 5 rings (SSSR count). The molecule has 12 heteroatoms. The fourth-order valence-electron chi connectivity index (χ4n) is 4.94. The number of pyridine rings is 2. The number of aromatic nitrogens is 4. The third-order valence-corrected chi connectivity index (χ3v) is 6.87. The summed E-state index contributed by atoms with van der Waals surface area (Å²) in [6, 6.07) is 5.46. The molecule has 0 bridgehead atoms. The zero-order chi connectivity index (χ0) is 25.9. The molecule has 1 aliphatic heterocycles. The van der Waals surface area contributed by atoms with Crippen LogP contribution in [0.1, 0.15) is 44.2 Å². The summed E-state index contributed by atoms with van der Waals surface area (Å²) < 4.78 is 6.83. The second-order valence-electron chi connectivity index (χ2n) is 9.32. The molecule has 2 fully saturated rings. The van der Waals surface area contributed by atoms with E-state index in [4.69, 9.17) is 9.84 Å². The van der Waals surface area contributed by atoms with Crippen LogP contribution in [0.5, 0.6) is 0 Å². The Kier molecular flexibility index (Phi) is 6.89. The number of carbonyl (C=O) groups is 2. The first kappa shape index (κ1) is 24.5. The summed E-state index contributed by atoms with van der Waals surface area (Å²) in [4.78, 5) is 52.8. The average Bonchev–Trinajstić information content (AvgIpc) is 3.42. The van der Waals surface area contributed by atoms with Gasteiger partial charge in [0.05, 0.1) is 17.4 Å². The minimum absolute atomic E-state index is 0.0361. The molecule has 0 atom stereocenters. The second-order valence-corrected chi connectivity index (χ2v) is 9.32. The number of ether oxygens (including phenoxy) is 1. The van der Waals surface area contributed by atoms with Crippen LogP contribution in [-0.4, -0.2) is 67.8 Å². The van der Waals surface area contributed by atoms with Gasteiger partial charge in [0, 0.05) is 50.7 Å². The van der Waals surface area contributed by atoms with Gasteiger partial charge in [0.1, 0.15) is 18.1 Å². The van der Waals surface area contributed by atoms with Gasteiger partial charge in [0.2, 0.25) is 5.95 Å². The first-order chi connectivity index (χ1) is 17.9. The van der Waals surface area contributed by atoms with E-state index in [1.807, 2.05) is 12.1 Å². The van der Waals surface area contributed by atoms with Crippen molar-refractivity contribution >= 4 is 40.5 Å². The average molecular weight is 508 g/mol. The molecule has 0 spiro atoms. The topological polar surface area (TPSA) is 143 Å². The molecule has 4 heterocycles. The van der Waals surface area contributed by atoms with Gasteiger partial charge in [-0.05, 0) is 31.0 Å². The molecule has 0 unspecified atom stereocenters. The van der Waals surface area contributed by atoms with Crippen LogP contribution < -0.4 is 15.8 Å². The fraction of sp³-hybridized carbons (Fsp3) is 0.440. The molecule has 1 amide bonds. The van der Waals surface area contributed by atoms with E-state index in [1.165, 1.54) is 11.8 Å². The summed E-state index contributed by atoms with van der Waals surface area (Å²) in [5.74, 6) is 0.430. The lowest BCUT2D eigenvalue weighted by atomic mass is 10.1. The van der Waals surface area contributed by atoms with Crippen molar-refractivity contribution in [1.29, 1.82) is 0 Å².